The zero-order chi connectivity index (χ0) is 12.5. The molecule has 1 rings (SSSR count). The third-order valence-electron chi connectivity index (χ3n) is 3.06. The van der Waals surface area contributed by atoms with Gasteiger partial charge in [-0.2, -0.15) is 0 Å². The van der Waals surface area contributed by atoms with Crippen LogP contribution in [0.25, 0.3) is 0 Å². The second-order valence-corrected chi connectivity index (χ2v) is 6.41. The molecule has 0 fully saturated rings. The van der Waals surface area contributed by atoms with E-state index in [1.807, 2.05) is 0 Å². The topological polar surface area (TPSA) is 36.4 Å². The predicted molar refractivity (Wildman–Crippen MR) is 70.1 cm³/mol. The zero-order valence-corrected chi connectivity index (χ0v) is 11.8. The number of hydrogen-bond donors (Lipinski definition) is 1. The van der Waals surface area contributed by atoms with E-state index in [2.05, 4.69) is 44.6 Å². The van der Waals surface area contributed by atoms with E-state index in [0.717, 1.165) is 10.0 Å². The van der Waals surface area contributed by atoms with Crippen molar-refractivity contribution in [1.82, 2.24) is 4.98 Å². The first kappa shape index (κ1) is 13.5. The van der Waals surface area contributed by atoms with Crippen molar-refractivity contribution in [3.8, 4) is 0 Å². The van der Waals surface area contributed by atoms with Gasteiger partial charge in [-0.1, -0.05) is 32.1 Å². The van der Waals surface area contributed by atoms with Crippen molar-refractivity contribution in [2.24, 2.45) is 5.41 Å². The van der Waals surface area contributed by atoms with E-state index in [4.69, 9.17) is 0 Å². The lowest BCUT2D eigenvalue weighted by atomic mass is 9.87. The lowest BCUT2D eigenvalue weighted by Gasteiger charge is -2.35. The van der Waals surface area contributed by atoms with Gasteiger partial charge in [-0.25, -0.2) is 4.98 Å². The van der Waals surface area contributed by atoms with Gasteiger partial charge in [-0.3, -0.25) is 0 Å². The van der Waals surface area contributed by atoms with Crippen LogP contribution >= 0.6 is 11.3 Å². The Morgan fingerprint density at radius 3 is 2.31 bits per heavy atom. The van der Waals surface area contributed by atoms with Crippen LogP contribution in [0.15, 0.2) is 6.20 Å². The molecule has 0 bridgehead atoms. The summed E-state index contributed by atoms with van der Waals surface area (Å²) in [5.41, 5.74) is 0.214. The molecule has 1 aromatic rings. The normalized spacial score (nSPS) is 15.9. The van der Waals surface area contributed by atoms with Crippen LogP contribution in [0.2, 0.25) is 0 Å². The van der Waals surface area contributed by atoms with Crippen LogP contribution in [0, 0.1) is 5.41 Å². The summed E-state index contributed by atoms with van der Waals surface area (Å²) in [6.45, 7) is 10.6. The van der Waals surface area contributed by atoms with Gasteiger partial charge < -0.3 is 10.0 Å². The summed E-state index contributed by atoms with van der Waals surface area (Å²) in [7, 11) is 2.06. The molecule has 2 atom stereocenters. The molecule has 3 nitrogen and oxygen atoms in total. The molecule has 0 aliphatic heterocycles. The molecule has 1 heterocycles. The largest absolute Gasteiger partial charge is 0.388 e. The van der Waals surface area contributed by atoms with Gasteiger partial charge in [-0.05, 0) is 19.3 Å². The molecular weight excluding hydrogens is 220 g/mol. The summed E-state index contributed by atoms with van der Waals surface area (Å²) in [5.74, 6) is 0. The molecule has 0 amide bonds. The fourth-order valence-electron chi connectivity index (χ4n) is 1.38. The van der Waals surface area contributed by atoms with Gasteiger partial charge in [-0.15, -0.1) is 0 Å². The quantitative estimate of drug-likeness (QED) is 0.885. The summed E-state index contributed by atoms with van der Waals surface area (Å²) >= 11 is 1.56. The predicted octanol–water partition coefficient (Wildman–Crippen LogP) is 3.07. The average Bonchev–Trinajstić information content (AvgIpc) is 2.62. The summed E-state index contributed by atoms with van der Waals surface area (Å²) < 4.78 is 0. The van der Waals surface area contributed by atoms with E-state index >= 15 is 0 Å². The first-order valence-corrected chi connectivity index (χ1v) is 6.41. The fraction of sp³-hybridized carbons (Fsp3) is 0.750. The van der Waals surface area contributed by atoms with Gasteiger partial charge in [0.25, 0.3) is 0 Å². The van der Waals surface area contributed by atoms with Crippen LogP contribution in [0.4, 0.5) is 5.13 Å². The van der Waals surface area contributed by atoms with Gasteiger partial charge in [0.2, 0.25) is 0 Å². The van der Waals surface area contributed by atoms with Gasteiger partial charge in [0.1, 0.15) is 0 Å². The molecule has 4 heteroatoms. The molecule has 0 saturated heterocycles. The number of aromatic nitrogens is 1. The highest BCUT2D eigenvalue weighted by molar-refractivity contribution is 7.15. The maximum absolute atomic E-state index is 9.47. The lowest BCUT2D eigenvalue weighted by Crippen LogP contribution is -2.39. The minimum atomic E-state index is -0.426. The highest BCUT2D eigenvalue weighted by Gasteiger charge is 2.25. The minimum absolute atomic E-state index is 0.214. The fourth-order valence-corrected chi connectivity index (χ4v) is 2.27. The molecule has 0 aliphatic rings. The van der Waals surface area contributed by atoms with E-state index in [-0.39, 0.29) is 5.41 Å². The number of nitrogens with zero attached hydrogens (tertiary/aromatic N) is 2. The maximum atomic E-state index is 9.47. The summed E-state index contributed by atoms with van der Waals surface area (Å²) in [4.78, 5) is 7.45. The highest BCUT2D eigenvalue weighted by atomic mass is 32.1. The van der Waals surface area contributed by atoms with Crippen molar-refractivity contribution in [2.45, 2.75) is 46.8 Å². The number of aliphatic hydroxyl groups excluding tert-OH is 1. The second-order valence-electron chi connectivity index (χ2n) is 5.37. The van der Waals surface area contributed by atoms with Crippen molar-refractivity contribution < 1.29 is 5.11 Å². The molecule has 92 valence electrons. The number of anilines is 1. The van der Waals surface area contributed by atoms with E-state index in [9.17, 15) is 5.11 Å². The van der Waals surface area contributed by atoms with Gasteiger partial charge in [0, 0.05) is 19.3 Å². The number of rotatable bonds is 3. The molecule has 0 saturated carbocycles. The molecular formula is C12H22N2OS. The van der Waals surface area contributed by atoms with Gasteiger partial charge in [0.15, 0.2) is 5.13 Å². The van der Waals surface area contributed by atoms with Crippen molar-refractivity contribution >= 4 is 16.5 Å². The second kappa shape index (κ2) is 4.72. The van der Waals surface area contributed by atoms with Crippen molar-refractivity contribution in [3.63, 3.8) is 0 Å². The molecule has 0 spiro atoms. The van der Waals surface area contributed by atoms with E-state index in [1.54, 1.807) is 24.5 Å². The van der Waals surface area contributed by atoms with E-state index < -0.39 is 6.10 Å². The smallest absolute Gasteiger partial charge is 0.185 e. The Hall–Kier alpha value is -0.610. The summed E-state index contributed by atoms with van der Waals surface area (Å²) in [5, 5.41) is 10.4. The Kier molecular flexibility index (Phi) is 3.97. The summed E-state index contributed by atoms with van der Waals surface area (Å²) in [6, 6.07) is 0.403. The van der Waals surface area contributed by atoms with E-state index in [1.165, 1.54) is 0 Å². The minimum Gasteiger partial charge on any atom is -0.388 e. The van der Waals surface area contributed by atoms with Gasteiger partial charge in [0.05, 0.1) is 11.0 Å². The Balaban J connectivity index is 2.84. The van der Waals surface area contributed by atoms with Crippen LogP contribution in [-0.2, 0) is 0 Å². The zero-order valence-electron chi connectivity index (χ0n) is 11.0. The van der Waals surface area contributed by atoms with Crippen molar-refractivity contribution in [1.29, 1.82) is 0 Å². The van der Waals surface area contributed by atoms with Crippen LogP contribution < -0.4 is 4.90 Å². The average molecular weight is 242 g/mol. The Labute approximate surface area is 102 Å². The van der Waals surface area contributed by atoms with Crippen LogP contribution in [0.1, 0.15) is 45.6 Å². The molecule has 16 heavy (non-hydrogen) atoms. The summed E-state index contributed by atoms with van der Waals surface area (Å²) in [6.07, 6.45) is 1.33. The lowest BCUT2D eigenvalue weighted by molar-refractivity contribution is 0.203. The molecule has 0 aliphatic carbocycles. The molecule has 1 aromatic heterocycles. The third kappa shape index (κ3) is 2.95. The van der Waals surface area contributed by atoms with Crippen LogP contribution in [0.5, 0.6) is 0 Å². The first-order chi connectivity index (χ1) is 7.23. The van der Waals surface area contributed by atoms with Crippen molar-refractivity contribution in [3.05, 3.63) is 11.1 Å². The maximum Gasteiger partial charge on any atom is 0.185 e. The van der Waals surface area contributed by atoms with Crippen molar-refractivity contribution in [2.75, 3.05) is 11.9 Å². The Morgan fingerprint density at radius 1 is 1.38 bits per heavy atom. The monoisotopic (exact) mass is 242 g/mol. The first-order valence-electron chi connectivity index (χ1n) is 5.60. The molecule has 1 N–H and O–H groups in total. The number of aliphatic hydroxyl groups is 1. The highest BCUT2D eigenvalue weighted by Crippen LogP contribution is 2.31. The number of thiazole rings is 1. The van der Waals surface area contributed by atoms with E-state index in [0.29, 0.717) is 6.04 Å². The Morgan fingerprint density at radius 2 is 1.94 bits per heavy atom. The Bertz CT molecular complexity index is 341. The molecule has 0 aromatic carbocycles. The van der Waals surface area contributed by atoms with Crippen LogP contribution in [-0.4, -0.2) is 23.2 Å². The van der Waals surface area contributed by atoms with Crippen LogP contribution in [0.3, 0.4) is 0 Å². The molecule has 2 unspecified atom stereocenters. The SMILES string of the molecule is CC(O)c1cnc(N(C)C(C)C(C)(C)C)s1. The molecule has 0 radical (unpaired) electrons. The third-order valence-corrected chi connectivity index (χ3v) is 4.32. The number of hydrogen-bond acceptors (Lipinski definition) is 4. The standard InChI is InChI=1S/C12H22N2OS/c1-8(15)10-7-13-11(16-10)14(6)9(2)12(3,4)5/h7-9,15H,1-6H3. The van der Waals surface area contributed by atoms with Gasteiger partial charge >= 0.3 is 0 Å².